The Balaban J connectivity index is 1.67. The summed E-state index contributed by atoms with van der Waals surface area (Å²) in [6.07, 6.45) is 1.75. The highest BCUT2D eigenvalue weighted by molar-refractivity contribution is 5.93. The van der Waals surface area contributed by atoms with Gasteiger partial charge in [0.05, 0.1) is 17.7 Å². The Labute approximate surface area is 156 Å². The number of nitro groups is 1. The first-order valence-electron chi connectivity index (χ1n) is 8.50. The van der Waals surface area contributed by atoms with E-state index in [0.29, 0.717) is 18.0 Å². The number of hydrogen-bond acceptors (Lipinski definition) is 5. The van der Waals surface area contributed by atoms with Crippen LogP contribution in [0.4, 0.5) is 17.1 Å². The molecule has 7 heteroatoms. The zero-order valence-corrected chi connectivity index (χ0v) is 14.6. The van der Waals surface area contributed by atoms with E-state index in [1.807, 2.05) is 36.4 Å². The van der Waals surface area contributed by atoms with E-state index < -0.39 is 4.92 Å². The molecule has 0 spiro atoms. The van der Waals surface area contributed by atoms with Crippen molar-refractivity contribution in [2.24, 2.45) is 0 Å². The van der Waals surface area contributed by atoms with E-state index in [1.165, 1.54) is 6.07 Å². The molecule has 1 heterocycles. The predicted molar refractivity (Wildman–Crippen MR) is 103 cm³/mol. The van der Waals surface area contributed by atoms with E-state index in [4.69, 9.17) is 4.42 Å². The number of benzene rings is 2. The van der Waals surface area contributed by atoms with Gasteiger partial charge in [-0.25, -0.2) is 0 Å². The second kappa shape index (κ2) is 8.66. The number of rotatable bonds is 8. The Morgan fingerprint density at radius 3 is 2.48 bits per heavy atom. The first kappa shape index (κ1) is 18.2. The molecular weight excluding hydrogens is 346 g/mol. The second-order valence-electron chi connectivity index (χ2n) is 5.85. The van der Waals surface area contributed by atoms with Crippen LogP contribution in [0.15, 0.2) is 77.4 Å². The molecule has 0 bridgehead atoms. The molecule has 2 aromatic carbocycles. The van der Waals surface area contributed by atoms with Crippen molar-refractivity contribution in [1.29, 1.82) is 0 Å². The van der Waals surface area contributed by atoms with Crippen molar-refractivity contribution in [3.63, 3.8) is 0 Å². The number of anilines is 2. The summed E-state index contributed by atoms with van der Waals surface area (Å²) in [4.78, 5) is 25.1. The van der Waals surface area contributed by atoms with Crippen LogP contribution in [0.3, 0.4) is 0 Å². The van der Waals surface area contributed by atoms with E-state index in [0.717, 1.165) is 5.69 Å². The molecule has 0 aliphatic heterocycles. The lowest BCUT2D eigenvalue weighted by molar-refractivity contribution is -0.384. The number of hydrogen-bond donors (Lipinski definition) is 1. The van der Waals surface area contributed by atoms with Gasteiger partial charge in [-0.15, -0.1) is 0 Å². The number of nitrogens with zero attached hydrogens (tertiary/aromatic N) is 2. The largest absolute Gasteiger partial charge is 0.467 e. The zero-order chi connectivity index (χ0) is 19.1. The van der Waals surface area contributed by atoms with Crippen LogP contribution in [-0.4, -0.2) is 17.4 Å². The number of furan rings is 1. The molecule has 1 N–H and O–H groups in total. The maximum Gasteiger partial charge on any atom is 0.292 e. The summed E-state index contributed by atoms with van der Waals surface area (Å²) in [6, 6.07) is 19.3. The van der Waals surface area contributed by atoms with Crippen LogP contribution in [0.25, 0.3) is 0 Å². The molecule has 0 unspecified atom stereocenters. The van der Waals surface area contributed by atoms with Gasteiger partial charge in [0.1, 0.15) is 11.4 Å². The van der Waals surface area contributed by atoms with Crippen LogP contribution < -0.4 is 10.2 Å². The van der Waals surface area contributed by atoms with Crippen molar-refractivity contribution in [2.75, 3.05) is 16.8 Å². The molecule has 0 aliphatic carbocycles. The fourth-order valence-electron chi connectivity index (χ4n) is 2.71. The van der Waals surface area contributed by atoms with Gasteiger partial charge in [-0.2, -0.15) is 0 Å². The summed E-state index contributed by atoms with van der Waals surface area (Å²) in [5.74, 6) is 0.572. The van der Waals surface area contributed by atoms with Crippen LogP contribution in [0, 0.1) is 10.1 Å². The van der Waals surface area contributed by atoms with Crippen molar-refractivity contribution < 1.29 is 14.1 Å². The van der Waals surface area contributed by atoms with Gasteiger partial charge in [0, 0.05) is 24.7 Å². The zero-order valence-electron chi connectivity index (χ0n) is 14.6. The predicted octanol–water partition coefficient (Wildman–Crippen LogP) is 4.22. The maximum absolute atomic E-state index is 12.8. The minimum Gasteiger partial charge on any atom is -0.467 e. The first-order chi connectivity index (χ1) is 13.1. The van der Waals surface area contributed by atoms with Crippen molar-refractivity contribution in [3.05, 3.63) is 88.9 Å². The Morgan fingerprint density at radius 2 is 1.78 bits per heavy atom. The lowest BCUT2D eigenvalue weighted by Gasteiger charge is -2.22. The third-order valence-corrected chi connectivity index (χ3v) is 4.02. The molecule has 7 nitrogen and oxygen atoms in total. The highest BCUT2D eigenvalue weighted by Crippen LogP contribution is 2.23. The number of nitro benzene ring substituents is 1. The summed E-state index contributed by atoms with van der Waals surface area (Å²) in [5, 5.41) is 14.0. The van der Waals surface area contributed by atoms with Gasteiger partial charge >= 0.3 is 0 Å². The molecule has 0 atom stereocenters. The third kappa shape index (κ3) is 4.72. The van der Waals surface area contributed by atoms with Gasteiger partial charge in [-0.3, -0.25) is 14.9 Å². The molecule has 0 aliphatic rings. The fraction of sp³-hybridized carbons (Fsp3) is 0.150. The highest BCUT2D eigenvalue weighted by atomic mass is 16.6. The molecular formula is C20H19N3O4. The topological polar surface area (TPSA) is 88.6 Å². The molecule has 138 valence electrons. The van der Waals surface area contributed by atoms with Gasteiger partial charge in [-0.1, -0.05) is 30.3 Å². The summed E-state index contributed by atoms with van der Waals surface area (Å²) >= 11 is 0. The minimum atomic E-state index is -0.447. The summed E-state index contributed by atoms with van der Waals surface area (Å²) in [6.45, 7) is 0.604. The van der Waals surface area contributed by atoms with Gasteiger partial charge in [0.25, 0.3) is 5.69 Å². The second-order valence-corrected chi connectivity index (χ2v) is 5.85. The van der Waals surface area contributed by atoms with E-state index in [9.17, 15) is 14.9 Å². The van der Waals surface area contributed by atoms with Crippen molar-refractivity contribution in [1.82, 2.24) is 0 Å². The molecule has 1 aromatic heterocycles. The van der Waals surface area contributed by atoms with Crippen molar-refractivity contribution in [3.8, 4) is 0 Å². The molecule has 0 fully saturated rings. The number of nitrogens with one attached hydrogen (secondary N) is 1. The molecule has 3 rings (SSSR count). The van der Waals surface area contributed by atoms with Crippen LogP contribution in [0.2, 0.25) is 0 Å². The minimum absolute atomic E-state index is 0.0135. The van der Waals surface area contributed by atoms with Crippen LogP contribution in [0.1, 0.15) is 12.2 Å². The number of carbonyl (C=O) groups excluding carboxylic acids is 1. The standard InChI is InChI=1S/C20H19N3O4/c24-20(12-13-21-18-10-4-5-11-19(18)23(25)26)22(15-17-9-6-14-27-17)16-7-2-1-3-8-16/h1-11,14,21H,12-13,15H2. The van der Waals surface area contributed by atoms with E-state index >= 15 is 0 Å². The van der Waals surface area contributed by atoms with Crippen LogP contribution >= 0.6 is 0 Å². The highest BCUT2D eigenvalue weighted by Gasteiger charge is 2.18. The van der Waals surface area contributed by atoms with Gasteiger partial charge in [0.15, 0.2) is 0 Å². The third-order valence-electron chi connectivity index (χ3n) is 4.02. The first-order valence-corrected chi connectivity index (χ1v) is 8.50. The molecule has 3 aromatic rings. The number of amides is 1. The molecule has 0 radical (unpaired) electrons. The summed E-state index contributed by atoms with van der Waals surface area (Å²) in [7, 11) is 0. The Kier molecular flexibility index (Phi) is 5.84. The average molecular weight is 365 g/mol. The number of para-hydroxylation sites is 3. The van der Waals surface area contributed by atoms with Crippen LogP contribution in [0.5, 0.6) is 0 Å². The van der Waals surface area contributed by atoms with Crippen molar-refractivity contribution >= 4 is 23.0 Å². The van der Waals surface area contributed by atoms with Gasteiger partial charge in [-0.05, 0) is 30.3 Å². The summed E-state index contributed by atoms with van der Waals surface area (Å²) < 4.78 is 5.37. The van der Waals surface area contributed by atoms with Gasteiger partial charge in [0.2, 0.25) is 5.91 Å². The molecule has 1 amide bonds. The summed E-state index contributed by atoms with van der Waals surface area (Å²) in [5.41, 5.74) is 1.15. The SMILES string of the molecule is O=C(CCNc1ccccc1[N+](=O)[O-])N(Cc1ccco1)c1ccccc1. The van der Waals surface area contributed by atoms with E-state index in [2.05, 4.69) is 5.32 Å². The van der Waals surface area contributed by atoms with Crippen molar-refractivity contribution in [2.45, 2.75) is 13.0 Å². The van der Waals surface area contributed by atoms with Crippen LogP contribution in [-0.2, 0) is 11.3 Å². The molecule has 0 saturated carbocycles. The average Bonchev–Trinajstić information content (AvgIpc) is 3.20. The quantitative estimate of drug-likeness (QED) is 0.477. The normalized spacial score (nSPS) is 10.4. The lowest BCUT2D eigenvalue weighted by Crippen LogP contribution is -2.31. The monoisotopic (exact) mass is 365 g/mol. The smallest absolute Gasteiger partial charge is 0.292 e. The fourth-order valence-corrected chi connectivity index (χ4v) is 2.71. The Morgan fingerprint density at radius 1 is 1.04 bits per heavy atom. The Bertz CT molecular complexity index is 895. The Hall–Kier alpha value is -3.61. The lowest BCUT2D eigenvalue weighted by atomic mass is 10.2. The van der Waals surface area contributed by atoms with Gasteiger partial charge < -0.3 is 14.6 Å². The molecule has 0 saturated heterocycles. The van der Waals surface area contributed by atoms with E-state index in [-0.39, 0.29) is 24.6 Å². The maximum atomic E-state index is 12.8. The molecule has 27 heavy (non-hydrogen) atoms. The number of carbonyl (C=O) groups is 1. The van der Waals surface area contributed by atoms with E-state index in [1.54, 1.807) is 35.4 Å².